The Hall–Kier alpha value is -0.930. The molecule has 0 saturated carbocycles. The lowest BCUT2D eigenvalue weighted by atomic mass is 10.1. The maximum atomic E-state index is 11.8. The predicted molar refractivity (Wildman–Crippen MR) is 204 cm³/mol. The monoisotopic (exact) mass is 753 g/mol. The number of hydrogen-bond donors (Lipinski definition) is 0. The van der Waals surface area contributed by atoms with Crippen molar-refractivity contribution in [2.75, 3.05) is 139 Å². The van der Waals surface area contributed by atoms with Crippen molar-refractivity contribution < 1.29 is 56.9 Å². The first-order valence-electron chi connectivity index (χ1n) is 20.7. The molecule has 312 valence electrons. The Morgan fingerprint density at radius 1 is 0.269 bits per heavy atom. The van der Waals surface area contributed by atoms with Crippen molar-refractivity contribution in [1.82, 2.24) is 0 Å². The van der Waals surface area contributed by atoms with Crippen LogP contribution in [0.4, 0.5) is 0 Å². The fraction of sp³-hybridized carbons (Fsp3) is 0.975. The van der Waals surface area contributed by atoms with Crippen LogP contribution in [0.15, 0.2) is 0 Å². The molecule has 0 radical (unpaired) electrons. The van der Waals surface area contributed by atoms with Gasteiger partial charge in [-0.2, -0.15) is 0 Å². The first-order chi connectivity index (χ1) is 25.8. The van der Waals surface area contributed by atoms with Gasteiger partial charge in [-0.15, -0.1) is 0 Å². The average Bonchev–Trinajstić information content (AvgIpc) is 3.15. The van der Waals surface area contributed by atoms with Crippen LogP contribution in [0.3, 0.4) is 0 Å². The first-order valence-corrected chi connectivity index (χ1v) is 20.7. The van der Waals surface area contributed by atoms with Gasteiger partial charge in [0.1, 0.15) is 6.61 Å². The van der Waals surface area contributed by atoms with Crippen molar-refractivity contribution in [3.63, 3.8) is 0 Å². The topological polar surface area (TPSA) is 119 Å². The lowest BCUT2D eigenvalue weighted by Crippen LogP contribution is -2.15. The second-order valence-corrected chi connectivity index (χ2v) is 12.7. The van der Waals surface area contributed by atoms with Crippen LogP contribution < -0.4 is 0 Å². The van der Waals surface area contributed by atoms with Crippen molar-refractivity contribution in [3.05, 3.63) is 0 Å². The van der Waals surface area contributed by atoms with E-state index in [0.717, 1.165) is 25.9 Å². The first kappa shape index (κ1) is 51.1. The largest absolute Gasteiger partial charge is 0.463 e. The van der Waals surface area contributed by atoms with Gasteiger partial charge < -0.3 is 52.1 Å². The van der Waals surface area contributed by atoms with E-state index in [1.165, 1.54) is 77.0 Å². The van der Waals surface area contributed by atoms with Crippen LogP contribution in [0, 0.1) is 0 Å². The zero-order valence-electron chi connectivity index (χ0n) is 33.6. The summed E-state index contributed by atoms with van der Waals surface area (Å²) in [6.45, 7) is 15.4. The normalized spacial score (nSPS) is 11.5. The summed E-state index contributed by atoms with van der Waals surface area (Å²) in [4.78, 5) is 11.8. The third kappa shape index (κ3) is 47.1. The van der Waals surface area contributed by atoms with Gasteiger partial charge in [0.05, 0.1) is 126 Å². The summed E-state index contributed by atoms with van der Waals surface area (Å²) in [5.74, 6) is -0.134. The average molecular weight is 753 g/mol. The molecule has 0 bridgehead atoms. The van der Waals surface area contributed by atoms with Crippen molar-refractivity contribution in [2.24, 2.45) is 0 Å². The molecular formula is C40H80O12. The van der Waals surface area contributed by atoms with Gasteiger partial charge in [0.2, 0.25) is 0 Å². The van der Waals surface area contributed by atoms with Crippen LogP contribution in [-0.4, -0.2) is 145 Å². The quantitative estimate of drug-likeness (QED) is 0.0472. The minimum Gasteiger partial charge on any atom is -0.463 e. The molecule has 12 nitrogen and oxygen atoms in total. The van der Waals surface area contributed by atoms with Crippen LogP contribution in [0.5, 0.6) is 0 Å². The second-order valence-electron chi connectivity index (χ2n) is 12.7. The highest BCUT2D eigenvalue weighted by Gasteiger charge is 2.03. The minimum atomic E-state index is -0.134. The molecule has 0 spiro atoms. The summed E-state index contributed by atoms with van der Waals surface area (Å²) < 4.78 is 60.3. The molecule has 0 heterocycles. The maximum absolute atomic E-state index is 11.8. The Balaban J connectivity index is 3.10. The summed E-state index contributed by atoms with van der Waals surface area (Å²) in [6.07, 6.45) is 19.3. The molecule has 0 N–H and O–H groups in total. The summed E-state index contributed by atoms with van der Waals surface area (Å²) >= 11 is 0. The van der Waals surface area contributed by atoms with E-state index in [9.17, 15) is 4.79 Å². The number of carbonyl (C=O) groups is 1. The Labute approximate surface area is 317 Å². The van der Waals surface area contributed by atoms with Crippen molar-refractivity contribution in [2.45, 2.75) is 117 Å². The highest BCUT2D eigenvalue weighted by molar-refractivity contribution is 5.69. The van der Waals surface area contributed by atoms with Crippen molar-refractivity contribution in [1.29, 1.82) is 0 Å². The number of hydrogen-bond acceptors (Lipinski definition) is 12. The van der Waals surface area contributed by atoms with Gasteiger partial charge in [0, 0.05) is 13.0 Å². The van der Waals surface area contributed by atoms with Gasteiger partial charge in [-0.05, 0) is 12.8 Å². The Kier molecular flexibility index (Phi) is 47.2. The van der Waals surface area contributed by atoms with E-state index in [2.05, 4.69) is 13.8 Å². The van der Waals surface area contributed by atoms with E-state index in [1.807, 2.05) is 0 Å². The van der Waals surface area contributed by atoms with Gasteiger partial charge in [0.15, 0.2) is 0 Å². The number of esters is 1. The summed E-state index contributed by atoms with van der Waals surface area (Å²) in [6, 6.07) is 0. The molecule has 0 aliphatic heterocycles. The maximum Gasteiger partial charge on any atom is 0.305 e. The number of unbranched alkanes of at least 4 members (excludes halogenated alkanes) is 13. The van der Waals surface area contributed by atoms with E-state index in [4.69, 9.17) is 52.1 Å². The predicted octanol–water partition coefficient (Wildman–Crippen LogP) is 6.98. The molecule has 52 heavy (non-hydrogen) atoms. The Morgan fingerprint density at radius 2 is 0.500 bits per heavy atom. The van der Waals surface area contributed by atoms with Crippen molar-refractivity contribution in [3.8, 4) is 0 Å². The number of ether oxygens (including phenoxy) is 11. The van der Waals surface area contributed by atoms with Crippen LogP contribution in [0.2, 0.25) is 0 Å². The van der Waals surface area contributed by atoms with Crippen molar-refractivity contribution >= 4 is 5.97 Å². The molecule has 0 atom stereocenters. The molecule has 0 unspecified atom stereocenters. The van der Waals surface area contributed by atoms with Gasteiger partial charge >= 0.3 is 5.97 Å². The minimum absolute atomic E-state index is 0.134. The number of rotatable bonds is 47. The molecular weight excluding hydrogens is 672 g/mol. The van der Waals surface area contributed by atoms with Crippen LogP contribution in [0.25, 0.3) is 0 Å². The molecule has 0 aliphatic rings. The molecule has 0 amide bonds. The third-order valence-corrected chi connectivity index (χ3v) is 7.97. The van der Waals surface area contributed by atoms with Crippen LogP contribution in [0.1, 0.15) is 117 Å². The molecule has 12 heteroatoms. The molecule has 0 aromatic heterocycles. The summed E-state index contributed by atoms with van der Waals surface area (Å²) in [7, 11) is 0. The molecule has 0 rings (SSSR count). The van der Waals surface area contributed by atoms with Gasteiger partial charge in [-0.3, -0.25) is 4.79 Å². The summed E-state index contributed by atoms with van der Waals surface area (Å²) in [5, 5.41) is 0. The SMILES string of the molecule is CCCCCCCCCCCC(=O)OCCOCCOCCOCCOCCOCCOCCOCCOCCOCCOCCCCCCCC. The highest BCUT2D eigenvalue weighted by Crippen LogP contribution is 2.11. The zero-order valence-corrected chi connectivity index (χ0v) is 33.6. The molecule has 0 aromatic rings. The van der Waals surface area contributed by atoms with E-state index in [1.54, 1.807) is 0 Å². The number of carbonyl (C=O) groups excluding carboxylic acids is 1. The molecule has 0 aromatic carbocycles. The van der Waals surface area contributed by atoms with Gasteiger partial charge in [-0.1, -0.05) is 97.3 Å². The fourth-order valence-electron chi connectivity index (χ4n) is 4.93. The second kappa shape index (κ2) is 48.1. The fourth-order valence-corrected chi connectivity index (χ4v) is 4.93. The molecule has 0 fully saturated rings. The van der Waals surface area contributed by atoms with Gasteiger partial charge in [0.25, 0.3) is 0 Å². The smallest absolute Gasteiger partial charge is 0.305 e. The lowest BCUT2D eigenvalue weighted by molar-refractivity contribution is -0.145. The third-order valence-electron chi connectivity index (χ3n) is 7.97. The zero-order chi connectivity index (χ0) is 37.5. The molecule has 0 saturated heterocycles. The van der Waals surface area contributed by atoms with E-state index < -0.39 is 0 Å². The summed E-state index contributed by atoms with van der Waals surface area (Å²) in [5.41, 5.74) is 0. The van der Waals surface area contributed by atoms with Gasteiger partial charge in [-0.25, -0.2) is 0 Å². The Morgan fingerprint density at radius 3 is 0.808 bits per heavy atom. The van der Waals surface area contributed by atoms with E-state index >= 15 is 0 Å². The molecule has 0 aliphatic carbocycles. The lowest BCUT2D eigenvalue weighted by Gasteiger charge is -2.09. The standard InChI is InChI=1S/C40H80O12/c1-3-5-7-9-11-12-13-14-16-18-40(41)52-39-38-51-37-36-50-35-34-49-33-32-48-31-30-47-29-28-46-27-26-45-25-24-44-23-22-43-21-20-42-19-17-15-10-8-6-4-2/h3-39H2,1-2H3. The van der Waals surface area contributed by atoms with E-state index in [0.29, 0.717) is 139 Å². The van der Waals surface area contributed by atoms with Crippen LogP contribution >= 0.6 is 0 Å². The Bertz CT molecular complexity index is 658. The van der Waals surface area contributed by atoms with Crippen LogP contribution in [-0.2, 0) is 56.9 Å². The van der Waals surface area contributed by atoms with E-state index in [-0.39, 0.29) is 5.97 Å². The highest BCUT2D eigenvalue weighted by atomic mass is 16.6.